The highest BCUT2D eigenvalue weighted by molar-refractivity contribution is 5.51. The van der Waals surface area contributed by atoms with Gasteiger partial charge in [0.1, 0.15) is 11.4 Å². The van der Waals surface area contributed by atoms with Crippen LogP contribution in [0.2, 0.25) is 0 Å². The van der Waals surface area contributed by atoms with Gasteiger partial charge in [-0.15, -0.1) is 0 Å². The van der Waals surface area contributed by atoms with Crippen LogP contribution in [0, 0.1) is 0 Å². The average molecular weight is 337 g/mol. The van der Waals surface area contributed by atoms with Gasteiger partial charge in [-0.3, -0.25) is 4.90 Å². The number of epoxide rings is 1. The first-order valence-corrected chi connectivity index (χ1v) is 9.06. The molecular weight excluding hydrogens is 314 g/mol. The van der Waals surface area contributed by atoms with Crippen LogP contribution in [0.4, 0.5) is 0 Å². The highest BCUT2D eigenvalue weighted by Gasteiger charge is 2.63. The van der Waals surface area contributed by atoms with E-state index in [4.69, 9.17) is 14.2 Å². The van der Waals surface area contributed by atoms with E-state index in [0.29, 0.717) is 6.04 Å². The number of hydrogen-bond acceptors (Lipinski definition) is 4. The van der Waals surface area contributed by atoms with Crippen molar-refractivity contribution >= 4 is 0 Å². The molecule has 0 N–H and O–H groups in total. The Hall–Kier alpha value is -1.88. The molecule has 0 spiro atoms. The smallest absolute Gasteiger partial charge is 0.145 e. The summed E-state index contributed by atoms with van der Waals surface area (Å²) in [5, 5.41) is 0. The Balaban J connectivity index is 1.55. The van der Waals surface area contributed by atoms with E-state index >= 15 is 0 Å². The zero-order valence-corrected chi connectivity index (χ0v) is 14.5. The minimum Gasteiger partial charge on any atom is -0.497 e. The molecule has 2 aromatic rings. The molecule has 3 aliphatic rings. The summed E-state index contributed by atoms with van der Waals surface area (Å²) < 4.78 is 17.2. The van der Waals surface area contributed by atoms with Crippen LogP contribution >= 0.6 is 0 Å². The van der Waals surface area contributed by atoms with Gasteiger partial charge in [0.2, 0.25) is 0 Å². The van der Waals surface area contributed by atoms with Gasteiger partial charge in [-0.25, -0.2) is 0 Å². The number of rotatable bonds is 3. The summed E-state index contributed by atoms with van der Waals surface area (Å²) in [6.45, 7) is 3.66. The Morgan fingerprint density at radius 3 is 2.56 bits per heavy atom. The average Bonchev–Trinajstić information content (AvgIpc) is 3.44. The van der Waals surface area contributed by atoms with Gasteiger partial charge in [-0.1, -0.05) is 36.4 Å². The van der Waals surface area contributed by atoms with Crippen LogP contribution in [-0.4, -0.2) is 44.4 Å². The second-order valence-electron chi connectivity index (χ2n) is 7.06. The van der Waals surface area contributed by atoms with Gasteiger partial charge < -0.3 is 14.2 Å². The number of hydrogen-bond donors (Lipinski definition) is 0. The van der Waals surface area contributed by atoms with Crippen molar-refractivity contribution in [1.29, 1.82) is 0 Å². The minimum atomic E-state index is -0.272. The van der Waals surface area contributed by atoms with Gasteiger partial charge in [0, 0.05) is 19.1 Å². The number of ether oxygens (including phenoxy) is 3. The van der Waals surface area contributed by atoms with Gasteiger partial charge in [-0.2, -0.15) is 0 Å². The SMILES string of the molecule is COc1ccc(C23OC2CC(N2CCOCC2)c2ccccc23)cc1. The number of morpholine rings is 1. The van der Waals surface area contributed by atoms with Crippen LogP contribution in [0.15, 0.2) is 48.5 Å². The van der Waals surface area contributed by atoms with Gasteiger partial charge >= 0.3 is 0 Å². The predicted molar refractivity (Wildman–Crippen MR) is 94.8 cm³/mol. The van der Waals surface area contributed by atoms with Crippen LogP contribution in [0.5, 0.6) is 5.75 Å². The minimum absolute atomic E-state index is 0.253. The van der Waals surface area contributed by atoms with E-state index in [1.54, 1.807) is 7.11 Å². The van der Waals surface area contributed by atoms with Crippen LogP contribution in [0.3, 0.4) is 0 Å². The number of benzene rings is 2. The third kappa shape index (κ3) is 2.32. The van der Waals surface area contributed by atoms with Gasteiger partial charge in [0.05, 0.1) is 26.4 Å². The molecule has 2 saturated heterocycles. The highest BCUT2D eigenvalue weighted by Crippen LogP contribution is 2.60. The molecule has 5 rings (SSSR count). The third-order valence-corrected chi connectivity index (χ3v) is 5.89. The summed E-state index contributed by atoms with van der Waals surface area (Å²) in [5.74, 6) is 0.882. The molecule has 25 heavy (non-hydrogen) atoms. The quantitative estimate of drug-likeness (QED) is 0.806. The van der Waals surface area contributed by atoms with Gasteiger partial charge in [0.15, 0.2) is 0 Å². The molecule has 0 aromatic heterocycles. The molecule has 2 aliphatic heterocycles. The van der Waals surface area contributed by atoms with E-state index in [2.05, 4.69) is 41.3 Å². The summed E-state index contributed by atoms with van der Waals surface area (Å²) >= 11 is 0. The van der Waals surface area contributed by atoms with E-state index in [9.17, 15) is 0 Å². The van der Waals surface area contributed by atoms with E-state index in [-0.39, 0.29) is 11.7 Å². The fourth-order valence-electron chi connectivity index (χ4n) is 4.58. The van der Waals surface area contributed by atoms with Crippen LogP contribution < -0.4 is 4.74 Å². The molecule has 0 radical (unpaired) electrons. The third-order valence-electron chi connectivity index (χ3n) is 5.89. The summed E-state index contributed by atoms with van der Waals surface area (Å²) in [6.07, 6.45) is 1.30. The summed E-state index contributed by atoms with van der Waals surface area (Å²) in [7, 11) is 1.70. The zero-order chi connectivity index (χ0) is 16.9. The fourth-order valence-corrected chi connectivity index (χ4v) is 4.58. The molecule has 1 aliphatic carbocycles. The lowest BCUT2D eigenvalue weighted by Gasteiger charge is -2.38. The van der Waals surface area contributed by atoms with Crippen molar-refractivity contribution in [2.45, 2.75) is 24.2 Å². The second kappa shape index (κ2) is 5.84. The molecule has 4 nitrogen and oxygen atoms in total. The molecule has 3 unspecified atom stereocenters. The maximum Gasteiger partial charge on any atom is 0.145 e. The Bertz CT molecular complexity index is 769. The molecule has 2 heterocycles. The van der Waals surface area contributed by atoms with Crippen molar-refractivity contribution < 1.29 is 14.2 Å². The lowest BCUT2D eigenvalue weighted by atomic mass is 9.76. The van der Waals surface area contributed by atoms with Crippen molar-refractivity contribution in [3.63, 3.8) is 0 Å². The topological polar surface area (TPSA) is 34.2 Å². The van der Waals surface area contributed by atoms with E-state index < -0.39 is 0 Å². The molecular formula is C21H23NO3. The first-order valence-electron chi connectivity index (χ1n) is 9.06. The molecule has 3 atom stereocenters. The van der Waals surface area contributed by atoms with Crippen LogP contribution in [-0.2, 0) is 15.1 Å². The molecule has 0 bridgehead atoms. The standard InChI is InChI=1S/C21H23NO3/c1-23-16-8-6-15(7-9-16)21-18-5-3-2-4-17(18)19(14-20(21)25-21)22-10-12-24-13-11-22/h2-9,19-20H,10-14H2,1H3. The molecule has 4 heteroatoms. The van der Waals surface area contributed by atoms with Crippen molar-refractivity contribution in [3.8, 4) is 5.75 Å². The lowest BCUT2D eigenvalue weighted by molar-refractivity contribution is 0.0121. The molecule has 2 fully saturated rings. The Morgan fingerprint density at radius 1 is 1.04 bits per heavy atom. The molecule has 0 saturated carbocycles. The zero-order valence-electron chi connectivity index (χ0n) is 14.5. The number of methoxy groups -OCH3 is 1. The largest absolute Gasteiger partial charge is 0.497 e. The second-order valence-corrected chi connectivity index (χ2v) is 7.06. The normalized spacial score (nSPS) is 31.1. The van der Waals surface area contributed by atoms with Crippen LogP contribution in [0.1, 0.15) is 29.2 Å². The number of fused-ring (bicyclic) bond motifs is 3. The lowest BCUT2D eigenvalue weighted by Crippen LogP contribution is -2.42. The van der Waals surface area contributed by atoms with Crippen LogP contribution in [0.25, 0.3) is 0 Å². The fraction of sp³-hybridized carbons (Fsp3) is 0.429. The maximum atomic E-state index is 6.37. The van der Waals surface area contributed by atoms with Gasteiger partial charge in [-0.05, 0) is 35.2 Å². The maximum absolute atomic E-state index is 6.37. The molecule has 0 amide bonds. The summed E-state index contributed by atoms with van der Waals surface area (Å²) in [5.41, 5.74) is 3.69. The highest BCUT2D eigenvalue weighted by atomic mass is 16.6. The Kier molecular flexibility index (Phi) is 3.59. The van der Waals surface area contributed by atoms with E-state index in [0.717, 1.165) is 38.5 Å². The van der Waals surface area contributed by atoms with E-state index in [1.807, 2.05) is 12.1 Å². The van der Waals surface area contributed by atoms with Crippen molar-refractivity contribution in [2.24, 2.45) is 0 Å². The molecule has 2 aromatic carbocycles. The predicted octanol–water partition coefficient (Wildman–Crippen LogP) is 3.11. The summed E-state index contributed by atoms with van der Waals surface area (Å²) in [4.78, 5) is 2.56. The number of nitrogens with zero attached hydrogens (tertiary/aromatic N) is 1. The first-order chi connectivity index (χ1) is 12.3. The van der Waals surface area contributed by atoms with Crippen molar-refractivity contribution in [1.82, 2.24) is 4.90 Å². The first kappa shape index (κ1) is 15.4. The molecule has 130 valence electrons. The Labute approximate surface area is 148 Å². The van der Waals surface area contributed by atoms with Gasteiger partial charge in [0.25, 0.3) is 0 Å². The van der Waals surface area contributed by atoms with Crippen molar-refractivity contribution in [3.05, 3.63) is 65.2 Å². The summed E-state index contributed by atoms with van der Waals surface area (Å²) in [6, 6.07) is 17.6. The van der Waals surface area contributed by atoms with Crippen molar-refractivity contribution in [2.75, 3.05) is 33.4 Å². The van der Waals surface area contributed by atoms with E-state index in [1.165, 1.54) is 16.7 Å². The Morgan fingerprint density at radius 2 is 1.80 bits per heavy atom. The monoisotopic (exact) mass is 337 g/mol.